The number of hydrogen-bond acceptors (Lipinski definition) is 8. The Balaban J connectivity index is 1.72. The Bertz CT molecular complexity index is 1160. The number of thioether (sulfide) groups is 1. The lowest BCUT2D eigenvalue weighted by molar-refractivity contribution is -0.120. The van der Waals surface area contributed by atoms with Crippen LogP contribution in [0.2, 0.25) is 0 Å². The predicted molar refractivity (Wildman–Crippen MR) is 115 cm³/mol. The lowest BCUT2D eigenvalue weighted by Gasteiger charge is -2.31. The zero-order valence-electron chi connectivity index (χ0n) is 17.1. The largest absolute Gasteiger partial charge is 0.454 e. The number of nitrogens with zero attached hydrogens (tertiary/aromatic N) is 4. The molecular weight excluding hydrogens is 416 g/mol. The molecule has 0 N–H and O–H groups in total. The fourth-order valence-electron chi connectivity index (χ4n) is 3.69. The van der Waals surface area contributed by atoms with Crippen LogP contribution in [0.4, 0.5) is 5.69 Å². The maximum Gasteiger partial charge on any atom is 0.247 e. The van der Waals surface area contributed by atoms with E-state index in [1.807, 2.05) is 55.6 Å². The zero-order chi connectivity index (χ0) is 21.4. The van der Waals surface area contributed by atoms with Gasteiger partial charge in [0.25, 0.3) is 0 Å². The first-order valence-electron chi connectivity index (χ1n) is 9.96. The summed E-state index contributed by atoms with van der Waals surface area (Å²) in [6, 6.07) is 13.1. The number of rotatable bonds is 4. The molecule has 0 radical (unpaired) electrons. The third-order valence-electron chi connectivity index (χ3n) is 5.11. The number of amides is 1. The van der Waals surface area contributed by atoms with Crippen LogP contribution >= 0.6 is 11.8 Å². The lowest BCUT2D eigenvalue weighted by Crippen LogP contribution is -2.37. The normalized spacial score (nSPS) is 16.2. The van der Waals surface area contributed by atoms with Gasteiger partial charge in [0.2, 0.25) is 30.0 Å². The molecule has 0 saturated heterocycles. The predicted octanol–water partition coefficient (Wildman–Crippen LogP) is 4.21. The van der Waals surface area contributed by atoms with Gasteiger partial charge in [0.15, 0.2) is 17.2 Å². The second kappa shape index (κ2) is 8.07. The maximum absolute atomic E-state index is 13.3. The van der Waals surface area contributed by atoms with Crippen molar-refractivity contribution in [2.24, 2.45) is 0 Å². The number of carbonyl (C=O) groups is 1. The van der Waals surface area contributed by atoms with Crippen molar-refractivity contribution in [2.45, 2.75) is 31.1 Å². The summed E-state index contributed by atoms with van der Waals surface area (Å²) in [4.78, 5) is 19.6. The summed E-state index contributed by atoms with van der Waals surface area (Å²) >= 11 is 1.38. The number of carbonyl (C=O) groups excluding carboxylic acids is 1. The molecule has 9 heteroatoms. The van der Waals surface area contributed by atoms with Crippen molar-refractivity contribution in [3.8, 4) is 28.6 Å². The van der Waals surface area contributed by atoms with Gasteiger partial charge >= 0.3 is 0 Å². The first-order chi connectivity index (χ1) is 15.2. The van der Waals surface area contributed by atoms with E-state index in [1.54, 1.807) is 4.90 Å². The molecule has 0 saturated carbocycles. The zero-order valence-corrected chi connectivity index (χ0v) is 17.9. The summed E-state index contributed by atoms with van der Waals surface area (Å²) in [6.07, 6.45) is 2.22. The summed E-state index contributed by atoms with van der Waals surface area (Å²) in [6.45, 7) is 2.15. The highest BCUT2D eigenvalue weighted by molar-refractivity contribution is 7.98. The maximum atomic E-state index is 13.3. The third-order valence-corrected chi connectivity index (χ3v) is 5.65. The van der Waals surface area contributed by atoms with Crippen molar-refractivity contribution in [1.82, 2.24) is 15.2 Å². The van der Waals surface area contributed by atoms with Crippen LogP contribution in [0, 0.1) is 0 Å². The van der Waals surface area contributed by atoms with E-state index in [9.17, 15) is 4.79 Å². The van der Waals surface area contributed by atoms with Crippen molar-refractivity contribution in [1.29, 1.82) is 0 Å². The Kier molecular flexibility index (Phi) is 5.11. The molecule has 2 aromatic carbocycles. The number of para-hydroxylation sites is 1. The highest BCUT2D eigenvalue weighted by Crippen LogP contribution is 2.45. The molecule has 0 aliphatic carbocycles. The minimum Gasteiger partial charge on any atom is -0.454 e. The van der Waals surface area contributed by atoms with E-state index < -0.39 is 6.23 Å². The van der Waals surface area contributed by atoms with E-state index in [4.69, 9.17) is 14.2 Å². The smallest absolute Gasteiger partial charge is 0.247 e. The van der Waals surface area contributed by atoms with Crippen LogP contribution in [-0.2, 0) is 4.79 Å². The molecule has 5 rings (SSSR count). The molecule has 3 aromatic rings. The molecule has 0 fully saturated rings. The molecule has 3 heterocycles. The fourth-order valence-corrected chi connectivity index (χ4v) is 3.98. The molecule has 0 bridgehead atoms. The standard InChI is InChI=1S/C22H20N4O4S/c1-3-6-18(27)26-15-8-5-4-7-14(15)19-20(23-22(31-2)25-24-19)30-21(26)13-9-10-16-17(11-13)29-12-28-16/h4-5,7-11,21H,3,6,12H2,1-2H3. The Morgan fingerprint density at radius 1 is 1.16 bits per heavy atom. The molecule has 158 valence electrons. The van der Waals surface area contributed by atoms with E-state index >= 15 is 0 Å². The molecule has 8 nitrogen and oxygen atoms in total. The van der Waals surface area contributed by atoms with Gasteiger partial charge in [-0.05, 0) is 36.9 Å². The van der Waals surface area contributed by atoms with E-state index in [0.717, 1.165) is 11.1 Å². The van der Waals surface area contributed by atoms with E-state index in [2.05, 4.69) is 15.2 Å². The third kappa shape index (κ3) is 3.44. The van der Waals surface area contributed by atoms with Gasteiger partial charge in [-0.2, -0.15) is 4.98 Å². The number of hydrogen-bond donors (Lipinski definition) is 0. The summed E-state index contributed by atoms with van der Waals surface area (Å²) in [5.41, 5.74) is 2.71. The Labute approximate surface area is 183 Å². The average molecular weight is 436 g/mol. The summed E-state index contributed by atoms with van der Waals surface area (Å²) in [5, 5.41) is 9.05. The molecule has 1 aromatic heterocycles. The molecule has 31 heavy (non-hydrogen) atoms. The van der Waals surface area contributed by atoms with Crippen molar-refractivity contribution < 1.29 is 19.0 Å². The molecule has 1 unspecified atom stereocenters. The fraction of sp³-hybridized carbons (Fsp3) is 0.273. The molecule has 1 atom stereocenters. The van der Waals surface area contributed by atoms with Gasteiger partial charge in [0.1, 0.15) is 0 Å². The summed E-state index contributed by atoms with van der Waals surface area (Å²) in [5.74, 6) is 1.57. The van der Waals surface area contributed by atoms with E-state index in [1.165, 1.54) is 11.8 Å². The van der Waals surface area contributed by atoms with Gasteiger partial charge in [-0.25, -0.2) is 0 Å². The van der Waals surface area contributed by atoms with Crippen molar-refractivity contribution in [2.75, 3.05) is 17.9 Å². The highest BCUT2D eigenvalue weighted by atomic mass is 32.2. The highest BCUT2D eigenvalue weighted by Gasteiger charge is 2.36. The SMILES string of the molecule is CCCC(=O)N1c2ccccc2-c2nnc(SC)nc2OC1c1ccc2c(c1)OCO2. The Morgan fingerprint density at radius 3 is 2.84 bits per heavy atom. The van der Waals surface area contributed by atoms with Crippen LogP contribution in [0.5, 0.6) is 17.4 Å². The van der Waals surface area contributed by atoms with E-state index in [-0.39, 0.29) is 12.7 Å². The topological polar surface area (TPSA) is 86.7 Å². The number of anilines is 1. The molecular formula is C22H20N4O4S. The van der Waals surface area contributed by atoms with Crippen molar-refractivity contribution in [3.05, 3.63) is 48.0 Å². The van der Waals surface area contributed by atoms with Crippen LogP contribution < -0.4 is 19.1 Å². The van der Waals surface area contributed by atoms with Gasteiger partial charge in [0, 0.05) is 17.5 Å². The molecule has 2 aliphatic heterocycles. The lowest BCUT2D eigenvalue weighted by atomic mass is 10.1. The average Bonchev–Trinajstić information content (AvgIpc) is 3.21. The Hall–Kier alpha value is -3.33. The number of ether oxygens (including phenoxy) is 3. The van der Waals surface area contributed by atoms with Gasteiger partial charge < -0.3 is 14.2 Å². The summed E-state index contributed by atoms with van der Waals surface area (Å²) in [7, 11) is 0. The minimum absolute atomic E-state index is 0.0523. The van der Waals surface area contributed by atoms with Crippen LogP contribution in [-0.4, -0.2) is 34.1 Å². The number of aromatic nitrogens is 3. The number of benzene rings is 2. The van der Waals surface area contributed by atoms with Crippen LogP contribution in [0.25, 0.3) is 11.3 Å². The van der Waals surface area contributed by atoms with Gasteiger partial charge in [-0.3, -0.25) is 9.69 Å². The van der Waals surface area contributed by atoms with Crippen molar-refractivity contribution in [3.63, 3.8) is 0 Å². The van der Waals surface area contributed by atoms with Crippen LogP contribution in [0.15, 0.2) is 47.6 Å². The van der Waals surface area contributed by atoms with Gasteiger partial charge in [-0.1, -0.05) is 36.9 Å². The molecule has 2 aliphatic rings. The van der Waals surface area contributed by atoms with Gasteiger partial charge in [0.05, 0.1) is 5.69 Å². The first-order valence-corrected chi connectivity index (χ1v) is 11.2. The minimum atomic E-state index is -0.748. The molecule has 1 amide bonds. The second-order valence-electron chi connectivity index (χ2n) is 7.07. The van der Waals surface area contributed by atoms with E-state index in [0.29, 0.717) is 46.8 Å². The molecule has 0 spiro atoms. The monoisotopic (exact) mass is 436 g/mol. The summed E-state index contributed by atoms with van der Waals surface area (Å²) < 4.78 is 17.4. The second-order valence-corrected chi connectivity index (χ2v) is 7.84. The quantitative estimate of drug-likeness (QED) is 0.562. The first kappa shape index (κ1) is 19.6. The van der Waals surface area contributed by atoms with Crippen LogP contribution in [0.3, 0.4) is 0 Å². The van der Waals surface area contributed by atoms with Crippen LogP contribution in [0.1, 0.15) is 31.6 Å². The van der Waals surface area contributed by atoms with Gasteiger partial charge in [-0.15, -0.1) is 10.2 Å². The number of fused-ring (bicyclic) bond motifs is 4. The van der Waals surface area contributed by atoms with Crippen molar-refractivity contribution >= 4 is 23.4 Å². The Morgan fingerprint density at radius 2 is 2.00 bits per heavy atom.